The first-order chi connectivity index (χ1) is 8.52. The second-order valence-electron chi connectivity index (χ2n) is 4.22. The number of rotatable bonds is 9. The number of nitrogens with zero attached hydrogens (tertiary/aromatic N) is 1. The summed E-state index contributed by atoms with van der Waals surface area (Å²) in [6.07, 6.45) is 1.08. The van der Waals surface area contributed by atoms with Crippen LogP contribution in [0.15, 0.2) is 0 Å². The summed E-state index contributed by atoms with van der Waals surface area (Å²) in [4.78, 5) is 24.9. The second kappa shape index (κ2) is 9.88. The third-order valence-electron chi connectivity index (χ3n) is 2.43. The van der Waals surface area contributed by atoms with Gasteiger partial charge in [0.25, 0.3) is 0 Å². The number of hydrogen-bond donors (Lipinski definition) is 0. The van der Waals surface area contributed by atoms with Crippen molar-refractivity contribution in [2.45, 2.75) is 46.6 Å². The molecule has 1 amide bonds. The first-order valence-corrected chi connectivity index (χ1v) is 6.55. The molecule has 0 fully saturated rings. The molecular formula is C13H25NO4. The van der Waals surface area contributed by atoms with Crippen molar-refractivity contribution < 1.29 is 19.1 Å². The van der Waals surface area contributed by atoms with E-state index in [0.717, 1.165) is 0 Å². The van der Waals surface area contributed by atoms with E-state index in [2.05, 4.69) is 0 Å². The molecule has 0 aromatic carbocycles. The highest BCUT2D eigenvalue weighted by molar-refractivity contribution is 5.82. The highest BCUT2D eigenvalue weighted by atomic mass is 16.5. The van der Waals surface area contributed by atoms with Gasteiger partial charge in [0.05, 0.1) is 6.61 Å². The highest BCUT2D eigenvalue weighted by Gasteiger charge is 2.20. The summed E-state index contributed by atoms with van der Waals surface area (Å²) < 4.78 is 10.0. The third kappa shape index (κ3) is 7.27. The van der Waals surface area contributed by atoms with Crippen LogP contribution in [0.5, 0.6) is 0 Å². The van der Waals surface area contributed by atoms with E-state index in [-0.39, 0.29) is 24.5 Å². The molecule has 106 valence electrons. The molecule has 0 N–H and O–H groups in total. The Hall–Kier alpha value is -1.10. The van der Waals surface area contributed by atoms with Gasteiger partial charge in [-0.3, -0.25) is 9.59 Å². The van der Waals surface area contributed by atoms with Gasteiger partial charge in [0.1, 0.15) is 6.54 Å². The molecule has 18 heavy (non-hydrogen) atoms. The van der Waals surface area contributed by atoms with Crippen LogP contribution < -0.4 is 0 Å². The maximum absolute atomic E-state index is 12.0. The Morgan fingerprint density at radius 3 is 2.33 bits per heavy atom. The standard InChI is InChI=1S/C13H25NO4/c1-5-17-9-7-8-12(15)14(11(3)4)10-13(16)18-6-2/h11H,5-10H2,1-4H3. The van der Waals surface area contributed by atoms with Crippen molar-refractivity contribution in [3.8, 4) is 0 Å². The van der Waals surface area contributed by atoms with Crippen LogP contribution in [-0.2, 0) is 19.1 Å². The van der Waals surface area contributed by atoms with Crippen LogP contribution in [0.4, 0.5) is 0 Å². The maximum atomic E-state index is 12.0. The van der Waals surface area contributed by atoms with Crippen molar-refractivity contribution in [2.24, 2.45) is 0 Å². The van der Waals surface area contributed by atoms with Crippen LogP contribution >= 0.6 is 0 Å². The molecule has 0 aromatic rings. The van der Waals surface area contributed by atoms with Gasteiger partial charge in [-0.1, -0.05) is 0 Å². The lowest BCUT2D eigenvalue weighted by Gasteiger charge is -2.25. The minimum Gasteiger partial charge on any atom is -0.465 e. The number of carbonyl (C=O) groups excluding carboxylic acids is 2. The van der Waals surface area contributed by atoms with Gasteiger partial charge in [-0.2, -0.15) is 0 Å². The van der Waals surface area contributed by atoms with Crippen LogP contribution in [0.1, 0.15) is 40.5 Å². The van der Waals surface area contributed by atoms with E-state index in [1.165, 1.54) is 0 Å². The average Bonchev–Trinajstić information content (AvgIpc) is 2.31. The SMILES string of the molecule is CCOCCCC(=O)N(CC(=O)OCC)C(C)C. The minimum absolute atomic E-state index is 0.00556. The molecule has 5 heteroatoms. The molecule has 0 atom stereocenters. The zero-order valence-electron chi connectivity index (χ0n) is 11.9. The first-order valence-electron chi connectivity index (χ1n) is 6.55. The Bertz CT molecular complexity index is 253. The zero-order chi connectivity index (χ0) is 14.0. The predicted molar refractivity (Wildman–Crippen MR) is 69.2 cm³/mol. The van der Waals surface area contributed by atoms with Crippen molar-refractivity contribution >= 4 is 11.9 Å². The number of esters is 1. The van der Waals surface area contributed by atoms with Crippen LogP contribution in [0.25, 0.3) is 0 Å². The number of carbonyl (C=O) groups is 2. The summed E-state index contributed by atoms with van der Waals surface area (Å²) in [5.74, 6) is -0.387. The van der Waals surface area contributed by atoms with E-state index < -0.39 is 0 Å². The Morgan fingerprint density at radius 2 is 1.83 bits per heavy atom. The highest BCUT2D eigenvalue weighted by Crippen LogP contribution is 2.04. The monoisotopic (exact) mass is 259 g/mol. The average molecular weight is 259 g/mol. The molecule has 0 saturated carbocycles. The molecular weight excluding hydrogens is 234 g/mol. The third-order valence-corrected chi connectivity index (χ3v) is 2.43. The van der Waals surface area contributed by atoms with Crippen molar-refractivity contribution in [1.82, 2.24) is 4.90 Å². The summed E-state index contributed by atoms with van der Waals surface area (Å²) in [5.41, 5.74) is 0. The molecule has 5 nitrogen and oxygen atoms in total. The topological polar surface area (TPSA) is 55.8 Å². The Balaban J connectivity index is 4.15. The first kappa shape index (κ1) is 16.9. The zero-order valence-corrected chi connectivity index (χ0v) is 11.9. The van der Waals surface area contributed by atoms with E-state index in [0.29, 0.717) is 32.7 Å². The summed E-state index contributed by atoms with van der Waals surface area (Å²) in [6.45, 7) is 9.05. The van der Waals surface area contributed by atoms with E-state index >= 15 is 0 Å². The van der Waals surface area contributed by atoms with E-state index in [4.69, 9.17) is 9.47 Å². The van der Waals surface area contributed by atoms with Gasteiger partial charge in [-0.05, 0) is 34.1 Å². The fourth-order valence-corrected chi connectivity index (χ4v) is 1.52. The number of amides is 1. The van der Waals surface area contributed by atoms with Gasteiger partial charge in [0.2, 0.25) is 5.91 Å². The lowest BCUT2D eigenvalue weighted by Crippen LogP contribution is -2.41. The molecule has 0 spiro atoms. The molecule has 0 aliphatic rings. The van der Waals surface area contributed by atoms with Crippen molar-refractivity contribution in [3.63, 3.8) is 0 Å². The Morgan fingerprint density at radius 1 is 1.17 bits per heavy atom. The molecule has 0 aliphatic carbocycles. The fraction of sp³-hybridized carbons (Fsp3) is 0.846. The lowest BCUT2D eigenvalue weighted by molar-refractivity contribution is -0.150. The van der Waals surface area contributed by atoms with E-state index in [1.807, 2.05) is 20.8 Å². The molecule has 0 bridgehead atoms. The summed E-state index contributed by atoms with van der Waals surface area (Å²) in [7, 11) is 0. The Kier molecular flexibility index (Phi) is 9.28. The van der Waals surface area contributed by atoms with Crippen molar-refractivity contribution in [2.75, 3.05) is 26.4 Å². The Labute approximate surface area is 109 Å². The van der Waals surface area contributed by atoms with Gasteiger partial charge in [-0.25, -0.2) is 0 Å². The number of hydrogen-bond acceptors (Lipinski definition) is 4. The van der Waals surface area contributed by atoms with Crippen LogP contribution in [0.2, 0.25) is 0 Å². The molecule has 0 saturated heterocycles. The molecule has 0 unspecified atom stereocenters. The van der Waals surface area contributed by atoms with Gasteiger partial charge in [0.15, 0.2) is 0 Å². The molecule has 0 rings (SSSR count). The molecule has 0 radical (unpaired) electrons. The number of ether oxygens (including phenoxy) is 2. The summed E-state index contributed by atoms with van der Waals surface area (Å²) >= 11 is 0. The maximum Gasteiger partial charge on any atom is 0.325 e. The lowest BCUT2D eigenvalue weighted by atomic mass is 10.2. The normalized spacial score (nSPS) is 10.5. The van der Waals surface area contributed by atoms with Gasteiger partial charge < -0.3 is 14.4 Å². The van der Waals surface area contributed by atoms with Crippen LogP contribution in [-0.4, -0.2) is 49.2 Å². The van der Waals surface area contributed by atoms with Crippen molar-refractivity contribution in [1.29, 1.82) is 0 Å². The minimum atomic E-state index is -0.357. The van der Waals surface area contributed by atoms with E-state index in [9.17, 15) is 9.59 Å². The van der Waals surface area contributed by atoms with E-state index in [1.54, 1.807) is 11.8 Å². The largest absolute Gasteiger partial charge is 0.465 e. The van der Waals surface area contributed by atoms with Gasteiger partial charge in [-0.15, -0.1) is 0 Å². The fourth-order valence-electron chi connectivity index (χ4n) is 1.52. The molecule has 0 aliphatic heterocycles. The smallest absolute Gasteiger partial charge is 0.325 e. The quantitative estimate of drug-likeness (QED) is 0.466. The summed E-state index contributed by atoms with van der Waals surface area (Å²) in [5, 5.41) is 0. The second-order valence-corrected chi connectivity index (χ2v) is 4.22. The molecule has 0 aromatic heterocycles. The molecule has 0 heterocycles. The van der Waals surface area contributed by atoms with Gasteiger partial charge >= 0.3 is 5.97 Å². The van der Waals surface area contributed by atoms with Crippen LogP contribution in [0, 0.1) is 0 Å². The van der Waals surface area contributed by atoms with Gasteiger partial charge in [0, 0.05) is 25.7 Å². The summed E-state index contributed by atoms with van der Waals surface area (Å²) in [6, 6.07) is -0.00556. The predicted octanol–water partition coefficient (Wildman–Crippen LogP) is 1.60. The van der Waals surface area contributed by atoms with Crippen molar-refractivity contribution in [3.05, 3.63) is 0 Å². The van der Waals surface area contributed by atoms with Crippen LogP contribution in [0.3, 0.4) is 0 Å².